The van der Waals surface area contributed by atoms with Gasteiger partial charge in [-0.25, -0.2) is 4.79 Å². The van der Waals surface area contributed by atoms with Gasteiger partial charge < -0.3 is 10.4 Å². The molecule has 1 aromatic heterocycles. The zero-order valence-corrected chi connectivity index (χ0v) is 9.44. The third-order valence-electron chi connectivity index (χ3n) is 1.89. The van der Waals surface area contributed by atoms with E-state index in [1.165, 1.54) is 18.3 Å². The molecular formula is C11H9F3N2O3. The maximum absolute atomic E-state index is 11.9. The number of amides is 1. The summed E-state index contributed by atoms with van der Waals surface area (Å²) in [6.45, 7) is -1.44. The molecule has 0 spiro atoms. The fourth-order valence-corrected chi connectivity index (χ4v) is 1.12. The van der Waals surface area contributed by atoms with Crippen LogP contribution in [0.25, 0.3) is 6.08 Å². The van der Waals surface area contributed by atoms with E-state index in [4.69, 9.17) is 5.11 Å². The summed E-state index contributed by atoms with van der Waals surface area (Å²) in [6.07, 6.45) is -0.127. The van der Waals surface area contributed by atoms with Crippen LogP contribution in [-0.4, -0.2) is 34.7 Å². The standard InChI is InChI=1S/C11H9F3N2O3/c12-11(13,14)6-16-10(19)8-3-7(4-15-5-8)1-2-9(17)18/h1-5H,6H2,(H,16,19)(H,17,18). The Hall–Kier alpha value is -2.38. The summed E-state index contributed by atoms with van der Waals surface area (Å²) in [6, 6.07) is 1.23. The highest BCUT2D eigenvalue weighted by molar-refractivity contribution is 5.94. The van der Waals surface area contributed by atoms with Crippen LogP contribution in [0.4, 0.5) is 13.2 Å². The van der Waals surface area contributed by atoms with Gasteiger partial charge in [0, 0.05) is 18.5 Å². The molecular weight excluding hydrogens is 265 g/mol. The van der Waals surface area contributed by atoms with Crippen LogP contribution in [-0.2, 0) is 4.79 Å². The molecule has 5 nitrogen and oxygen atoms in total. The first-order valence-corrected chi connectivity index (χ1v) is 4.99. The van der Waals surface area contributed by atoms with Crippen molar-refractivity contribution in [3.05, 3.63) is 35.7 Å². The number of carbonyl (C=O) groups is 2. The maximum Gasteiger partial charge on any atom is 0.405 e. The number of carbonyl (C=O) groups excluding carboxylic acids is 1. The molecule has 0 fully saturated rings. The van der Waals surface area contributed by atoms with Gasteiger partial charge in [-0.1, -0.05) is 0 Å². The molecule has 1 aromatic rings. The minimum Gasteiger partial charge on any atom is -0.478 e. The Kier molecular flexibility index (Phi) is 4.62. The maximum atomic E-state index is 11.9. The molecule has 102 valence electrons. The number of nitrogens with one attached hydrogen (secondary N) is 1. The van der Waals surface area contributed by atoms with E-state index in [1.54, 1.807) is 5.32 Å². The lowest BCUT2D eigenvalue weighted by atomic mass is 10.2. The number of hydrogen-bond acceptors (Lipinski definition) is 3. The Morgan fingerprint density at radius 1 is 1.37 bits per heavy atom. The van der Waals surface area contributed by atoms with Crippen molar-refractivity contribution < 1.29 is 27.9 Å². The van der Waals surface area contributed by atoms with E-state index in [1.807, 2.05) is 0 Å². The summed E-state index contributed by atoms with van der Waals surface area (Å²) in [5.41, 5.74) is 0.207. The molecule has 0 unspecified atom stereocenters. The van der Waals surface area contributed by atoms with Crippen molar-refractivity contribution in [3.8, 4) is 0 Å². The number of halogens is 3. The zero-order chi connectivity index (χ0) is 14.5. The second-order valence-electron chi connectivity index (χ2n) is 3.48. The van der Waals surface area contributed by atoms with E-state index < -0.39 is 24.6 Å². The third-order valence-corrected chi connectivity index (χ3v) is 1.89. The number of alkyl halides is 3. The molecule has 1 amide bonds. The smallest absolute Gasteiger partial charge is 0.405 e. The van der Waals surface area contributed by atoms with Gasteiger partial charge in [0.05, 0.1) is 5.56 Å². The molecule has 8 heteroatoms. The summed E-state index contributed by atoms with van der Waals surface area (Å²) in [5.74, 6) is -2.12. The van der Waals surface area contributed by atoms with Gasteiger partial charge in [-0.05, 0) is 17.7 Å². The van der Waals surface area contributed by atoms with Gasteiger partial charge in [-0.2, -0.15) is 13.2 Å². The molecule has 0 atom stereocenters. The highest BCUT2D eigenvalue weighted by Gasteiger charge is 2.27. The lowest BCUT2D eigenvalue weighted by Crippen LogP contribution is -2.33. The first-order valence-electron chi connectivity index (χ1n) is 4.99. The fraction of sp³-hybridized carbons (Fsp3) is 0.182. The number of rotatable bonds is 4. The number of nitrogens with zero attached hydrogens (tertiary/aromatic N) is 1. The van der Waals surface area contributed by atoms with E-state index in [0.717, 1.165) is 12.3 Å². The van der Waals surface area contributed by atoms with Crippen LogP contribution in [0.15, 0.2) is 24.5 Å². The SMILES string of the molecule is O=C(O)C=Cc1cncc(C(=O)NCC(F)(F)F)c1. The van der Waals surface area contributed by atoms with Gasteiger partial charge in [-0.15, -0.1) is 0 Å². The Bertz CT molecular complexity index is 512. The molecule has 1 heterocycles. The van der Waals surface area contributed by atoms with E-state index in [-0.39, 0.29) is 5.56 Å². The molecule has 2 N–H and O–H groups in total. The van der Waals surface area contributed by atoms with Crippen LogP contribution >= 0.6 is 0 Å². The highest BCUT2D eigenvalue weighted by Crippen LogP contribution is 2.13. The fourth-order valence-electron chi connectivity index (χ4n) is 1.12. The lowest BCUT2D eigenvalue weighted by molar-refractivity contribution is -0.131. The average Bonchev–Trinajstić information content (AvgIpc) is 2.33. The van der Waals surface area contributed by atoms with Gasteiger partial charge >= 0.3 is 12.1 Å². The van der Waals surface area contributed by atoms with Crippen LogP contribution in [0.2, 0.25) is 0 Å². The Balaban J connectivity index is 2.76. The molecule has 0 aromatic carbocycles. The Morgan fingerprint density at radius 3 is 2.63 bits per heavy atom. The van der Waals surface area contributed by atoms with Crippen LogP contribution in [0, 0.1) is 0 Å². The molecule has 19 heavy (non-hydrogen) atoms. The van der Waals surface area contributed by atoms with Gasteiger partial charge in [-0.3, -0.25) is 9.78 Å². The van der Waals surface area contributed by atoms with Crippen molar-refractivity contribution in [2.75, 3.05) is 6.54 Å². The minimum absolute atomic E-state index is 0.0863. The van der Waals surface area contributed by atoms with Crippen molar-refractivity contribution in [1.82, 2.24) is 10.3 Å². The van der Waals surface area contributed by atoms with E-state index in [2.05, 4.69) is 4.98 Å². The highest BCUT2D eigenvalue weighted by atomic mass is 19.4. The number of carboxylic acid groups (broad SMARTS) is 1. The summed E-state index contributed by atoms with van der Waals surface area (Å²) in [5, 5.41) is 10.1. The van der Waals surface area contributed by atoms with Crippen LogP contribution in [0.5, 0.6) is 0 Å². The van der Waals surface area contributed by atoms with Crippen molar-refractivity contribution in [2.45, 2.75) is 6.18 Å². The predicted molar refractivity (Wildman–Crippen MR) is 59.3 cm³/mol. The first-order chi connectivity index (χ1) is 8.78. The molecule has 0 aliphatic carbocycles. The Morgan fingerprint density at radius 2 is 2.05 bits per heavy atom. The second-order valence-corrected chi connectivity index (χ2v) is 3.48. The minimum atomic E-state index is -4.50. The quantitative estimate of drug-likeness (QED) is 0.815. The topological polar surface area (TPSA) is 79.3 Å². The van der Waals surface area contributed by atoms with Gasteiger partial charge in [0.25, 0.3) is 5.91 Å². The molecule has 1 rings (SSSR count). The largest absolute Gasteiger partial charge is 0.478 e. The second kappa shape index (κ2) is 5.98. The van der Waals surface area contributed by atoms with Crippen molar-refractivity contribution in [3.63, 3.8) is 0 Å². The Labute approximate surface area is 105 Å². The molecule has 0 aliphatic heterocycles. The summed E-state index contributed by atoms with van der Waals surface area (Å²) < 4.78 is 35.7. The number of aliphatic carboxylic acids is 1. The van der Waals surface area contributed by atoms with Crippen molar-refractivity contribution >= 4 is 18.0 Å². The number of pyridine rings is 1. The normalized spacial score (nSPS) is 11.5. The van der Waals surface area contributed by atoms with E-state index in [0.29, 0.717) is 5.56 Å². The van der Waals surface area contributed by atoms with Crippen LogP contribution < -0.4 is 5.32 Å². The van der Waals surface area contributed by atoms with E-state index in [9.17, 15) is 22.8 Å². The third kappa shape index (κ3) is 5.66. The lowest BCUT2D eigenvalue weighted by Gasteiger charge is -2.08. The molecule has 0 radical (unpaired) electrons. The molecule has 0 saturated heterocycles. The van der Waals surface area contributed by atoms with Crippen molar-refractivity contribution in [1.29, 1.82) is 0 Å². The monoisotopic (exact) mass is 274 g/mol. The predicted octanol–water partition coefficient (Wildman–Crippen LogP) is 1.47. The number of aromatic nitrogens is 1. The summed E-state index contributed by atoms with van der Waals surface area (Å²) >= 11 is 0. The van der Waals surface area contributed by atoms with Crippen molar-refractivity contribution in [2.24, 2.45) is 0 Å². The van der Waals surface area contributed by atoms with Gasteiger partial charge in [0.15, 0.2) is 0 Å². The number of hydrogen-bond donors (Lipinski definition) is 2. The van der Waals surface area contributed by atoms with Crippen LogP contribution in [0.1, 0.15) is 15.9 Å². The summed E-state index contributed by atoms with van der Waals surface area (Å²) in [4.78, 5) is 25.3. The zero-order valence-electron chi connectivity index (χ0n) is 9.44. The van der Waals surface area contributed by atoms with Gasteiger partial charge in [0.1, 0.15) is 6.54 Å². The summed E-state index contributed by atoms with van der Waals surface area (Å²) in [7, 11) is 0. The molecule has 0 bridgehead atoms. The molecule has 0 aliphatic rings. The molecule has 0 saturated carbocycles. The van der Waals surface area contributed by atoms with Gasteiger partial charge in [0.2, 0.25) is 0 Å². The van der Waals surface area contributed by atoms with Crippen LogP contribution in [0.3, 0.4) is 0 Å². The first kappa shape index (κ1) is 14.7. The average molecular weight is 274 g/mol. The van der Waals surface area contributed by atoms with E-state index >= 15 is 0 Å². The number of carboxylic acids is 1.